The lowest BCUT2D eigenvalue weighted by molar-refractivity contribution is 0.0733. The topological polar surface area (TPSA) is 97.8 Å². The monoisotopic (exact) mass is 530 g/mol. The molecule has 2 aliphatic heterocycles. The van der Waals surface area contributed by atoms with Gasteiger partial charge in [0.1, 0.15) is 23.4 Å². The van der Waals surface area contributed by atoms with Crippen LogP contribution < -0.4 is 14.2 Å². The Kier molecular flexibility index (Phi) is 8.62. The molecule has 2 aromatic carbocycles. The number of benzene rings is 2. The molecule has 0 spiro atoms. The van der Waals surface area contributed by atoms with E-state index in [0.29, 0.717) is 18.7 Å². The van der Waals surface area contributed by atoms with Gasteiger partial charge in [-0.05, 0) is 49.9 Å². The standard InChI is InChI=1S/C27H34N2O7S/c1-19-14-29(20(2)17-30)37(31,32)27-10-8-21(6-5-11-33-4)12-25(27)36-26(19)16-28(3)15-22-7-9-23-24(13-22)35-18-34-23/h7-10,12-13,19-20,26,30H,11,14-18H2,1-4H3/t19-,20+,26-/m1/s1. The number of aliphatic hydroxyl groups is 1. The highest BCUT2D eigenvalue weighted by molar-refractivity contribution is 7.89. The van der Waals surface area contributed by atoms with Crippen molar-refractivity contribution < 1.29 is 32.5 Å². The highest BCUT2D eigenvalue weighted by Crippen LogP contribution is 2.35. The first kappa shape index (κ1) is 27.2. The van der Waals surface area contributed by atoms with Crippen molar-refractivity contribution >= 4 is 10.0 Å². The zero-order chi connectivity index (χ0) is 26.6. The van der Waals surface area contributed by atoms with Gasteiger partial charge in [-0.15, -0.1) is 0 Å². The summed E-state index contributed by atoms with van der Waals surface area (Å²) in [6, 6.07) is 10.2. The molecule has 0 amide bonds. The van der Waals surface area contributed by atoms with Gasteiger partial charge in [0.05, 0.1) is 6.61 Å². The summed E-state index contributed by atoms with van der Waals surface area (Å²) in [5.74, 6) is 7.46. The summed E-state index contributed by atoms with van der Waals surface area (Å²) in [6.45, 7) is 5.31. The number of hydrogen-bond donors (Lipinski definition) is 1. The van der Waals surface area contributed by atoms with E-state index in [9.17, 15) is 13.5 Å². The smallest absolute Gasteiger partial charge is 0.247 e. The van der Waals surface area contributed by atoms with Crippen molar-refractivity contribution in [3.63, 3.8) is 0 Å². The van der Waals surface area contributed by atoms with Crippen molar-refractivity contribution in [2.24, 2.45) is 5.92 Å². The molecule has 0 bridgehead atoms. The number of aliphatic hydroxyl groups excluding tert-OH is 1. The maximum Gasteiger partial charge on any atom is 0.247 e. The van der Waals surface area contributed by atoms with Gasteiger partial charge in [-0.25, -0.2) is 8.42 Å². The molecule has 1 N–H and O–H groups in total. The molecule has 10 heteroatoms. The summed E-state index contributed by atoms with van der Waals surface area (Å²) in [5, 5.41) is 9.83. The molecule has 2 aromatic rings. The van der Waals surface area contributed by atoms with E-state index in [2.05, 4.69) is 16.7 Å². The van der Waals surface area contributed by atoms with Crippen molar-refractivity contribution in [3.05, 3.63) is 47.5 Å². The van der Waals surface area contributed by atoms with Crippen LogP contribution in [0.25, 0.3) is 0 Å². The van der Waals surface area contributed by atoms with Gasteiger partial charge in [0.25, 0.3) is 0 Å². The first-order valence-electron chi connectivity index (χ1n) is 12.2. The zero-order valence-corrected chi connectivity index (χ0v) is 22.5. The minimum atomic E-state index is -3.90. The van der Waals surface area contributed by atoms with Crippen molar-refractivity contribution in [2.45, 2.75) is 37.4 Å². The van der Waals surface area contributed by atoms with Gasteiger partial charge in [0, 0.05) is 44.3 Å². The molecule has 4 rings (SSSR count). The third-order valence-electron chi connectivity index (χ3n) is 6.50. The number of fused-ring (bicyclic) bond motifs is 2. The molecule has 0 aromatic heterocycles. The van der Waals surface area contributed by atoms with Crippen LogP contribution in [0.4, 0.5) is 0 Å². The van der Waals surface area contributed by atoms with Gasteiger partial charge >= 0.3 is 0 Å². The Morgan fingerprint density at radius 3 is 2.73 bits per heavy atom. The molecule has 0 unspecified atom stereocenters. The lowest BCUT2D eigenvalue weighted by Crippen LogP contribution is -2.49. The average Bonchev–Trinajstić information content (AvgIpc) is 3.34. The Morgan fingerprint density at radius 1 is 1.19 bits per heavy atom. The normalized spacial score (nSPS) is 21.2. The van der Waals surface area contributed by atoms with Crippen LogP contribution in [0, 0.1) is 17.8 Å². The van der Waals surface area contributed by atoms with Crippen LogP contribution in [0.2, 0.25) is 0 Å². The van der Waals surface area contributed by atoms with E-state index in [0.717, 1.165) is 17.1 Å². The van der Waals surface area contributed by atoms with Gasteiger partial charge in [-0.2, -0.15) is 4.31 Å². The lowest BCUT2D eigenvalue weighted by Gasteiger charge is -2.37. The van der Waals surface area contributed by atoms with E-state index < -0.39 is 16.1 Å². The number of hydrogen-bond acceptors (Lipinski definition) is 8. The van der Waals surface area contributed by atoms with Crippen LogP contribution in [0.15, 0.2) is 41.3 Å². The molecule has 0 fully saturated rings. The number of sulfonamides is 1. The van der Waals surface area contributed by atoms with Crippen molar-refractivity contribution in [3.8, 4) is 29.1 Å². The van der Waals surface area contributed by atoms with Crippen molar-refractivity contribution in [2.75, 3.05) is 47.3 Å². The van der Waals surface area contributed by atoms with Crippen LogP contribution in [0.3, 0.4) is 0 Å². The first-order chi connectivity index (χ1) is 17.7. The fourth-order valence-corrected chi connectivity index (χ4v) is 6.28. The Labute approximate surface area is 218 Å². The number of nitrogens with zero attached hydrogens (tertiary/aromatic N) is 2. The summed E-state index contributed by atoms with van der Waals surface area (Å²) in [5.41, 5.74) is 1.70. The van der Waals surface area contributed by atoms with Gasteiger partial charge in [0.15, 0.2) is 11.5 Å². The van der Waals surface area contributed by atoms with Crippen molar-refractivity contribution in [1.82, 2.24) is 9.21 Å². The molecular weight excluding hydrogens is 496 g/mol. The van der Waals surface area contributed by atoms with Crippen LogP contribution in [0.5, 0.6) is 17.2 Å². The predicted molar refractivity (Wildman–Crippen MR) is 138 cm³/mol. The van der Waals surface area contributed by atoms with Crippen LogP contribution in [-0.2, 0) is 21.3 Å². The molecule has 0 radical (unpaired) electrons. The molecular formula is C27H34N2O7S. The zero-order valence-electron chi connectivity index (χ0n) is 21.6. The molecule has 0 saturated heterocycles. The summed E-state index contributed by atoms with van der Waals surface area (Å²) in [7, 11) is -0.338. The Balaban J connectivity index is 1.63. The molecule has 200 valence electrons. The van der Waals surface area contributed by atoms with E-state index >= 15 is 0 Å². The largest absolute Gasteiger partial charge is 0.487 e. The van der Waals surface area contributed by atoms with E-state index in [1.54, 1.807) is 26.2 Å². The molecule has 0 saturated carbocycles. The Bertz CT molecular complexity index is 1270. The van der Waals surface area contributed by atoms with E-state index in [4.69, 9.17) is 18.9 Å². The van der Waals surface area contributed by atoms with Gasteiger partial charge in [-0.3, -0.25) is 4.90 Å². The summed E-state index contributed by atoms with van der Waals surface area (Å²) < 4.78 is 50.9. The lowest BCUT2D eigenvalue weighted by atomic mass is 10.0. The fourth-order valence-electron chi connectivity index (χ4n) is 4.45. The molecule has 2 aliphatic rings. The van der Waals surface area contributed by atoms with E-state index in [-0.39, 0.29) is 49.2 Å². The summed E-state index contributed by atoms with van der Waals surface area (Å²) >= 11 is 0. The maximum absolute atomic E-state index is 13.6. The van der Waals surface area contributed by atoms with Crippen LogP contribution in [-0.4, -0.2) is 82.1 Å². The summed E-state index contributed by atoms with van der Waals surface area (Å²) in [4.78, 5) is 2.21. The third-order valence-corrected chi connectivity index (χ3v) is 8.52. The number of likely N-dealkylation sites (N-methyl/N-ethyl adjacent to an activating group) is 1. The van der Waals surface area contributed by atoms with Crippen molar-refractivity contribution in [1.29, 1.82) is 0 Å². The molecule has 2 heterocycles. The SMILES string of the molecule is COCC#Cc1ccc2c(c1)O[C@H](CN(C)Cc1ccc3c(c1)OCO3)[C@H](C)CN([C@@H](C)CO)S2(=O)=O. The Morgan fingerprint density at radius 2 is 1.97 bits per heavy atom. The molecule has 37 heavy (non-hydrogen) atoms. The highest BCUT2D eigenvalue weighted by atomic mass is 32.2. The first-order valence-corrected chi connectivity index (χ1v) is 13.6. The molecule has 0 aliphatic carbocycles. The fraction of sp³-hybridized carbons (Fsp3) is 0.481. The van der Waals surface area contributed by atoms with E-state index in [1.807, 2.05) is 32.2 Å². The van der Waals surface area contributed by atoms with E-state index in [1.165, 1.54) is 10.4 Å². The third kappa shape index (κ3) is 6.20. The second kappa shape index (κ2) is 11.7. The van der Waals surface area contributed by atoms with Crippen LogP contribution >= 0.6 is 0 Å². The summed E-state index contributed by atoms with van der Waals surface area (Å²) in [6.07, 6.45) is -0.316. The highest BCUT2D eigenvalue weighted by Gasteiger charge is 2.38. The van der Waals surface area contributed by atoms with Gasteiger partial charge in [-0.1, -0.05) is 24.8 Å². The second-order valence-electron chi connectivity index (χ2n) is 9.52. The van der Waals surface area contributed by atoms with Gasteiger partial charge < -0.3 is 24.1 Å². The molecule has 9 nitrogen and oxygen atoms in total. The average molecular weight is 531 g/mol. The van der Waals surface area contributed by atoms with Crippen LogP contribution in [0.1, 0.15) is 25.0 Å². The Hall–Kier alpha value is -2.81. The predicted octanol–water partition coefficient (Wildman–Crippen LogP) is 2.31. The number of rotatable bonds is 7. The van der Waals surface area contributed by atoms with Gasteiger partial charge in [0.2, 0.25) is 16.8 Å². The number of methoxy groups -OCH3 is 1. The molecule has 3 atom stereocenters. The number of ether oxygens (including phenoxy) is 4. The quantitative estimate of drug-likeness (QED) is 0.545. The second-order valence-corrected chi connectivity index (χ2v) is 11.4. The maximum atomic E-state index is 13.6. The minimum absolute atomic E-state index is 0.0698. The minimum Gasteiger partial charge on any atom is -0.487 e.